The minimum Gasteiger partial charge on any atom is -0.467 e. The summed E-state index contributed by atoms with van der Waals surface area (Å²) in [5.41, 5.74) is -0.809. The van der Waals surface area contributed by atoms with Crippen LogP contribution in [0.25, 0.3) is 0 Å². The van der Waals surface area contributed by atoms with E-state index in [-0.39, 0.29) is 11.8 Å². The molecule has 2 atom stereocenters. The molecule has 1 fully saturated rings. The Balaban J connectivity index is 2.25. The predicted molar refractivity (Wildman–Crippen MR) is 65.6 cm³/mol. The zero-order valence-electron chi connectivity index (χ0n) is 10.9. The smallest absolute Gasteiger partial charge is 0.249 e. The van der Waals surface area contributed by atoms with Crippen molar-refractivity contribution >= 4 is 11.8 Å². The monoisotopic (exact) mass is 250 g/mol. The first-order chi connectivity index (χ1) is 8.48. The molecule has 1 saturated heterocycles. The second kappa shape index (κ2) is 4.48. The molecule has 5 nitrogen and oxygen atoms in total. The zero-order chi connectivity index (χ0) is 13.3. The van der Waals surface area contributed by atoms with Crippen molar-refractivity contribution in [2.45, 2.75) is 45.3 Å². The first-order valence-corrected chi connectivity index (χ1v) is 6.13. The molecule has 2 unspecified atom stereocenters. The van der Waals surface area contributed by atoms with Gasteiger partial charge in [-0.25, -0.2) is 0 Å². The lowest BCUT2D eigenvalue weighted by Gasteiger charge is -2.42. The normalized spacial score (nSPS) is 28.4. The Hall–Kier alpha value is -1.78. The molecule has 1 aliphatic heterocycles. The number of furan rings is 1. The molecule has 1 N–H and O–H groups in total. The van der Waals surface area contributed by atoms with Crippen LogP contribution in [0.15, 0.2) is 22.8 Å². The molecule has 0 spiro atoms. The number of carbonyl (C=O) groups excluding carboxylic acids is 2. The van der Waals surface area contributed by atoms with E-state index >= 15 is 0 Å². The molecule has 0 aromatic carbocycles. The standard InChI is InChI=1S/C13H18N2O3/c1-4-13(3)12(17)15(9(2)11(16)14-13)8-10-6-5-7-18-10/h5-7,9H,4,8H2,1-3H3,(H,14,16). The van der Waals surface area contributed by atoms with Crippen LogP contribution in [0.3, 0.4) is 0 Å². The van der Waals surface area contributed by atoms with E-state index in [1.807, 2.05) is 6.92 Å². The van der Waals surface area contributed by atoms with Gasteiger partial charge in [-0.15, -0.1) is 0 Å². The van der Waals surface area contributed by atoms with Crippen molar-refractivity contribution in [1.82, 2.24) is 10.2 Å². The number of nitrogens with zero attached hydrogens (tertiary/aromatic N) is 1. The van der Waals surface area contributed by atoms with Crippen LogP contribution in [0.4, 0.5) is 0 Å². The van der Waals surface area contributed by atoms with Gasteiger partial charge in [-0.05, 0) is 32.4 Å². The number of hydrogen-bond acceptors (Lipinski definition) is 3. The molecule has 2 rings (SSSR count). The van der Waals surface area contributed by atoms with Crippen molar-refractivity contribution in [3.8, 4) is 0 Å². The maximum atomic E-state index is 12.4. The fraction of sp³-hybridized carbons (Fsp3) is 0.538. The highest BCUT2D eigenvalue weighted by Gasteiger charge is 2.45. The third-order valence-electron chi connectivity index (χ3n) is 3.59. The van der Waals surface area contributed by atoms with Crippen molar-refractivity contribution < 1.29 is 14.0 Å². The van der Waals surface area contributed by atoms with Crippen molar-refractivity contribution in [3.05, 3.63) is 24.2 Å². The number of hydrogen-bond donors (Lipinski definition) is 1. The largest absolute Gasteiger partial charge is 0.467 e. The average Bonchev–Trinajstić information content (AvgIpc) is 2.85. The Morgan fingerprint density at radius 3 is 2.78 bits per heavy atom. The summed E-state index contributed by atoms with van der Waals surface area (Å²) in [5.74, 6) is 0.502. The first kappa shape index (κ1) is 12.7. The van der Waals surface area contributed by atoms with Gasteiger partial charge in [-0.3, -0.25) is 9.59 Å². The van der Waals surface area contributed by atoms with Crippen LogP contribution >= 0.6 is 0 Å². The maximum Gasteiger partial charge on any atom is 0.249 e. The number of carbonyl (C=O) groups is 2. The lowest BCUT2D eigenvalue weighted by molar-refractivity contribution is -0.154. The van der Waals surface area contributed by atoms with E-state index < -0.39 is 11.6 Å². The lowest BCUT2D eigenvalue weighted by Crippen LogP contribution is -2.67. The number of amides is 2. The summed E-state index contributed by atoms with van der Waals surface area (Å²) >= 11 is 0. The molecule has 0 radical (unpaired) electrons. The molecule has 2 heterocycles. The zero-order valence-corrected chi connectivity index (χ0v) is 10.9. The molecule has 0 saturated carbocycles. The van der Waals surface area contributed by atoms with E-state index in [1.54, 1.807) is 37.1 Å². The van der Waals surface area contributed by atoms with Gasteiger partial charge in [0.05, 0.1) is 12.8 Å². The lowest BCUT2D eigenvalue weighted by atomic mass is 9.92. The summed E-state index contributed by atoms with van der Waals surface area (Å²) in [6, 6.07) is 3.10. The van der Waals surface area contributed by atoms with Crippen LogP contribution < -0.4 is 5.32 Å². The van der Waals surface area contributed by atoms with Crippen LogP contribution in [0, 0.1) is 0 Å². The van der Waals surface area contributed by atoms with Crippen molar-refractivity contribution in [2.24, 2.45) is 0 Å². The van der Waals surface area contributed by atoms with Crippen LogP contribution in [-0.2, 0) is 16.1 Å². The van der Waals surface area contributed by atoms with Crippen LogP contribution in [0.1, 0.15) is 33.0 Å². The topological polar surface area (TPSA) is 62.6 Å². The molecule has 98 valence electrons. The second-order valence-electron chi connectivity index (χ2n) is 4.86. The quantitative estimate of drug-likeness (QED) is 0.879. The molecule has 0 bridgehead atoms. The number of piperazine rings is 1. The second-order valence-corrected chi connectivity index (χ2v) is 4.86. The molecule has 2 amide bonds. The fourth-order valence-corrected chi connectivity index (χ4v) is 2.08. The molecule has 1 aromatic rings. The molecular formula is C13H18N2O3. The Kier molecular flexibility index (Phi) is 3.15. The number of rotatable bonds is 3. The Morgan fingerprint density at radius 2 is 2.22 bits per heavy atom. The van der Waals surface area contributed by atoms with Gasteiger partial charge in [0.15, 0.2) is 0 Å². The molecular weight excluding hydrogens is 232 g/mol. The van der Waals surface area contributed by atoms with Crippen LogP contribution in [-0.4, -0.2) is 28.3 Å². The van der Waals surface area contributed by atoms with Gasteiger partial charge in [-0.2, -0.15) is 0 Å². The summed E-state index contributed by atoms with van der Waals surface area (Å²) in [5, 5.41) is 2.79. The highest BCUT2D eigenvalue weighted by molar-refractivity contribution is 5.99. The Labute approximate surface area is 106 Å². The van der Waals surface area contributed by atoms with Crippen LogP contribution in [0.2, 0.25) is 0 Å². The average molecular weight is 250 g/mol. The minimum absolute atomic E-state index is 0.0616. The summed E-state index contributed by atoms with van der Waals surface area (Å²) < 4.78 is 5.24. The van der Waals surface area contributed by atoms with E-state index in [1.165, 1.54) is 0 Å². The molecule has 5 heteroatoms. The Morgan fingerprint density at radius 1 is 1.50 bits per heavy atom. The molecule has 1 aromatic heterocycles. The molecule has 0 aliphatic carbocycles. The summed E-state index contributed by atoms with van der Waals surface area (Å²) in [4.78, 5) is 25.9. The van der Waals surface area contributed by atoms with Crippen LogP contribution in [0.5, 0.6) is 0 Å². The van der Waals surface area contributed by atoms with Gasteiger partial charge in [0.2, 0.25) is 11.8 Å². The van der Waals surface area contributed by atoms with E-state index in [4.69, 9.17) is 4.42 Å². The third kappa shape index (κ3) is 2.00. The fourth-order valence-electron chi connectivity index (χ4n) is 2.08. The van der Waals surface area contributed by atoms with Crippen molar-refractivity contribution in [3.63, 3.8) is 0 Å². The van der Waals surface area contributed by atoms with Crippen molar-refractivity contribution in [1.29, 1.82) is 0 Å². The Bertz CT molecular complexity index is 455. The van der Waals surface area contributed by atoms with E-state index in [2.05, 4.69) is 5.32 Å². The predicted octanol–water partition coefficient (Wildman–Crippen LogP) is 1.30. The molecule has 18 heavy (non-hydrogen) atoms. The summed E-state index contributed by atoms with van der Waals surface area (Å²) in [6.45, 7) is 5.70. The molecule has 1 aliphatic rings. The first-order valence-electron chi connectivity index (χ1n) is 6.13. The van der Waals surface area contributed by atoms with E-state index in [0.717, 1.165) is 0 Å². The van der Waals surface area contributed by atoms with Gasteiger partial charge in [0, 0.05) is 0 Å². The van der Waals surface area contributed by atoms with Gasteiger partial charge >= 0.3 is 0 Å². The highest BCUT2D eigenvalue weighted by atomic mass is 16.3. The van der Waals surface area contributed by atoms with E-state index in [9.17, 15) is 9.59 Å². The SMILES string of the molecule is CCC1(C)NC(=O)C(C)N(Cc2ccco2)C1=O. The minimum atomic E-state index is -0.809. The summed E-state index contributed by atoms with van der Waals surface area (Å²) in [6.07, 6.45) is 2.13. The van der Waals surface area contributed by atoms with Gasteiger partial charge in [-0.1, -0.05) is 6.92 Å². The summed E-state index contributed by atoms with van der Waals surface area (Å²) in [7, 11) is 0. The van der Waals surface area contributed by atoms with Crippen molar-refractivity contribution in [2.75, 3.05) is 0 Å². The van der Waals surface area contributed by atoms with Gasteiger partial charge in [0.25, 0.3) is 0 Å². The van der Waals surface area contributed by atoms with Gasteiger partial charge < -0.3 is 14.6 Å². The third-order valence-corrected chi connectivity index (χ3v) is 3.59. The number of nitrogens with one attached hydrogen (secondary N) is 1. The van der Waals surface area contributed by atoms with E-state index in [0.29, 0.717) is 18.7 Å². The highest BCUT2D eigenvalue weighted by Crippen LogP contribution is 2.23. The maximum absolute atomic E-state index is 12.4. The van der Waals surface area contributed by atoms with Gasteiger partial charge in [0.1, 0.15) is 17.3 Å².